The van der Waals surface area contributed by atoms with E-state index in [4.69, 9.17) is 4.74 Å². The lowest BCUT2D eigenvalue weighted by Gasteiger charge is -2.59. The van der Waals surface area contributed by atoms with Crippen LogP contribution in [-0.4, -0.2) is 65.0 Å². The third kappa shape index (κ3) is 2.40. The van der Waals surface area contributed by atoms with E-state index in [1.54, 1.807) is 25.4 Å². The van der Waals surface area contributed by atoms with Gasteiger partial charge in [0.1, 0.15) is 5.69 Å². The second kappa shape index (κ2) is 5.84. The molecule has 2 saturated heterocycles. The Morgan fingerprint density at radius 2 is 2.08 bits per heavy atom. The Kier molecular flexibility index (Phi) is 3.79. The number of β-lactam (4-membered cyclic amide) rings is 1. The third-order valence-corrected chi connectivity index (χ3v) is 5.69. The molecule has 1 aromatic heterocycles. The van der Waals surface area contributed by atoms with Crippen LogP contribution in [0.2, 0.25) is 0 Å². The number of pyridine rings is 1. The van der Waals surface area contributed by atoms with Crippen molar-refractivity contribution in [2.45, 2.75) is 37.3 Å². The van der Waals surface area contributed by atoms with Gasteiger partial charge in [-0.25, -0.2) is 0 Å². The van der Waals surface area contributed by atoms with Gasteiger partial charge in [-0.1, -0.05) is 6.07 Å². The number of carbonyl (C=O) groups is 2. The third-order valence-electron chi connectivity index (χ3n) is 5.69. The minimum Gasteiger partial charge on any atom is -0.369 e. The van der Waals surface area contributed by atoms with E-state index in [1.165, 1.54) is 12.8 Å². The van der Waals surface area contributed by atoms with Crippen molar-refractivity contribution in [1.29, 1.82) is 0 Å². The van der Waals surface area contributed by atoms with Crippen LogP contribution in [0.15, 0.2) is 24.4 Å². The summed E-state index contributed by atoms with van der Waals surface area (Å²) in [5, 5.41) is 0. The number of likely N-dealkylation sites (tertiary alicyclic amines) is 2. The lowest BCUT2D eigenvalue weighted by Crippen LogP contribution is -2.77. The molecule has 2 amide bonds. The molecule has 1 aliphatic carbocycles. The smallest absolute Gasteiger partial charge is 0.272 e. The maximum atomic E-state index is 12.6. The molecule has 0 bridgehead atoms. The molecule has 6 heteroatoms. The van der Waals surface area contributed by atoms with Crippen molar-refractivity contribution in [2.24, 2.45) is 5.92 Å². The molecule has 3 aliphatic rings. The van der Waals surface area contributed by atoms with E-state index in [0.29, 0.717) is 24.7 Å². The summed E-state index contributed by atoms with van der Waals surface area (Å²) in [6.45, 7) is 2.14. The van der Waals surface area contributed by atoms with Crippen molar-refractivity contribution < 1.29 is 14.3 Å². The van der Waals surface area contributed by atoms with E-state index in [2.05, 4.69) is 4.98 Å². The Morgan fingerprint density at radius 1 is 1.33 bits per heavy atom. The summed E-state index contributed by atoms with van der Waals surface area (Å²) in [7, 11) is 1.62. The van der Waals surface area contributed by atoms with Crippen LogP contribution < -0.4 is 0 Å². The van der Waals surface area contributed by atoms with Crippen LogP contribution in [0.4, 0.5) is 0 Å². The first-order valence-electron chi connectivity index (χ1n) is 8.70. The van der Waals surface area contributed by atoms with Crippen molar-refractivity contribution in [3.63, 3.8) is 0 Å². The highest BCUT2D eigenvalue weighted by Crippen LogP contribution is 2.45. The quantitative estimate of drug-likeness (QED) is 0.782. The predicted molar refractivity (Wildman–Crippen MR) is 87.3 cm³/mol. The zero-order chi connectivity index (χ0) is 16.7. The summed E-state index contributed by atoms with van der Waals surface area (Å²) in [6, 6.07) is 5.38. The van der Waals surface area contributed by atoms with Crippen LogP contribution in [0.1, 0.15) is 36.2 Å². The maximum Gasteiger partial charge on any atom is 0.272 e. The Balaban J connectivity index is 1.45. The van der Waals surface area contributed by atoms with E-state index in [9.17, 15) is 9.59 Å². The van der Waals surface area contributed by atoms with Gasteiger partial charge in [-0.3, -0.25) is 14.6 Å². The molecule has 3 heterocycles. The Morgan fingerprint density at radius 3 is 2.67 bits per heavy atom. The number of carbonyl (C=O) groups excluding carboxylic acids is 2. The van der Waals surface area contributed by atoms with Crippen molar-refractivity contribution in [1.82, 2.24) is 14.8 Å². The highest BCUT2D eigenvalue weighted by atomic mass is 16.5. The van der Waals surface area contributed by atoms with Crippen molar-refractivity contribution in [2.75, 3.05) is 26.7 Å². The molecular formula is C18H23N3O3. The lowest BCUT2D eigenvalue weighted by molar-refractivity contribution is -0.198. The van der Waals surface area contributed by atoms with Gasteiger partial charge in [-0.05, 0) is 43.7 Å². The largest absolute Gasteiger partial charge is 0.369 e. The summed E-state index contributed by atoms with van der Waals surface area (Å²) >= 11 is 0. The number of hydrogen-bond acceptors (Lipinski definition) is 4. The van der Waals surface area contributed by atoms with Crippen molar-refractivity contribution in [3.05, 3.63) is 30.1 Å². The summed E-state index contributed by atoms with van der Waals surface area (Å²) in [4.78, 5) is 33.0. The Bertz CT molecular complexity index is 636. The van der Waals surface area contributed by atoms with Gasteiger partial charge in [0, 0.05) is 32.9 Å². The summed E-state index contributed by atoms with van der Waals surface area (Å²) in [6.07, 6.45) is 5.30. The van der Waals surface area contributed by atoms with Gasteiger partial charge >= 0.3 is 0 Å². The fraction of sp³-hybridized carbons (Fsp3) is 0.611. The molecule has 128 valence electrons. The molecule has 1 saturated carbocycles. The van der Waals surface area contributed by atoms with Crippen LogP contribution in [-0.2, 0) is 9.53 Å². The van der Waals surface area contributed by atoms with Gasteiger partial charge in [0.05, 0.1) is 5.54 Å². The van der Waals surface area contributed by atoms with Gasteiger partial charge in [0.2, 0.25) is 0 Å². The molecule has 2 aliphatic heterocycles. The fourth-order valence-electron chi connectivity index (χ4n) is 4.10. The predicted octanol–water partition coefficient (Wildman–Crippen LogP) is 1.32. The number of piperidine rings is 1. The zero-order valence-corrected chi connectivity index (χ0v) is 14.0. The Hall–Kier alpha value is -1.95. The molecule has 6 nitrogen and oxygen atoms in total. The topological polar surface area (TPSA) is 62.7 Å². The molecule has 1 atom stereocenters. The fourth-order valence-corrected chi connectivity index (χ4v) is 4.10. The summed E-state index contributed by atoms with van der Waals surface area (Å²) in [5.41, 5.74) is 0.270. The van der Waals surface area contributed by atoms with Crippen molar-refractivity contribution in [3.8, 4) is 0 Å². The molecule has 1 spiro atoms. The van der Waals surface area contributed by atoms with Gasteiger partial charge in [0.25, 0.3) is 11.8 Å². The van der Waals surface area contributed by atoms with Crippen LogP contribution in [0, 0.1) is 5.92 Å². The van der Waals surface area contributed by atoms with E-state index in [-0.39, 0.29) is 23.5 Å². The van der Waals surface area contributed by atoms with E-state index in [1.807, 2.05) is 15.9 Å². The first-order valence-corrected chi connectivity index (χ1v) is 8.70. The average molecular weight is 329 g/mol. The van der Waals surface area contributed by atoms with Crippen molar-refractivity contribution >= 4 is 11.8 Å². The van der Waals surface area contributed by atoms with E-state index < -0.39 is 0 Å². The molecule has 0 radical (unpaired) electrons. The second-order valence-electron chi connectivity index (χ2n) is 7.12. The number of rotatable bonds is 4. The standard InChI is InChI=1S/C18H23N3O3/c1-24-15-17(23)21(12-13-5-6-13)18(15)7-10-20(11-8-18)16(22)14-4-2-3-9-19-14/h2-4,9,13,15H,5-8,10-12H2,1H3. The normalized spacial score (nSPS) is 25.7. The number of ether oxygens (including phenoxy) is 1. The molecule has 0 N–H and O–H groups in total. The van der Waals surface area contributed by atoms with E-state index in [0.717, 1.165) is 19.4 Å². The molecular weight excluding hydrogens is 306 g/mol. The molecule has 1 aromatic rings. The monoisotopic (exact) mass is 329 g/mol. The highest BCUT2D eigenvalue weighted by Gasteiger charge is 2.61. The van der Waals surface area contributed by atoms with Crippen LogP contribution in [0.25, 0.3) is 0 Å². The Labute approximate surface area is 141 Å². The van der Waals surface area contributed by atoms with Gasteiger partial charge in [-0.2, -0.15) is 0 Å². The average Bonchev–Trinajstić information content (AvgIpc) is 3.45. The summed E-state index contributed by atoms with van der Waals surface area (Å²) in [5.74, 6) is 0.754. The van der Waals surface area contributed by atoms with E-state index >= 15 is 0 Å². The SMILES string of the molecule is COC1C(=O)N(CC2CC2)C12CCN(C(=O)c1ccccn1)CC2. The van der Waals surface area contributed by atoms with Crippen LogP contribution in [0.5, 0.6) is 0 Å². The lowest BCUT2D eigenvalue weighted by atomic mass is 9.72. The number of amides is 2. The first kappa shape index (κ1) is 15.6. The van der Waals surface area contributed by atoms with Crippen LogP contribution in [0.3, 0.4) is 0 Å². The maximum absolute atomic E-state index is 12.6. The van der Waals surface area contributed by atoms with Crippen LogP contribution >= 0.6 is 0 Å². The number of methoxy groups -OCH3 is 1. The van der Waals surface area contributed by atoms with Gasteiger partial charge in [-0.15, -0.1) is 0 Å². The number of nitrogens with zero attached hydrogens (tertiary/aromatic N) is 3. The minimum atomic E-state index is -0.344. The number of aromatic nitrogens is 1. The minimum absolute atomic E-state index is 0.0289. The first-order chi connectivity index (χ1) is 11.7. The molecule has 4 rings (SSSR count). The molecule has 24 heavy (non-hydrogen) atoms. The summed E-state index contributed by atoms with van der Waals surface area (Å²) < 4.78 is 5.50. The number of hydrogen-bond donors (Lipinski definition) is 0. The molecule has 1 unspecified atom stereocenters. The highest BCUT2D eigenvalue weighted by molar-refractivity contribution is 5.93. The van der Waals surface area contributed by atoms with Gasteiger partial charge in [0.15, 0.2) is 6.10 Å². The molecule has 0 aromatic carbocycles. The zero-order valence-electron chi connectivity index (χ0n) is 14.0. The molecule has 3 fully saturated rings. The van der Waals surface area contributed by atoms with Gasteiger partial charge < -0.3 is 14.5 Å². The second-order valence-corrected chi connectivity index (χ2v) is 7.12.